The molecule has 4 rings (SSSR count). The van der Waals surface area contributed by atoms with Gasteiger partial charge in [-0.1, -0.05) is 87.0 Å². The van der Waals surface area contributed by atoms with Gasteiger partial charge in [0.25, 0.3) is 0 Å². The first-order valence-electron chi connectivity index (χ1n) is 15.0. The third-order valence-electron chi connectivity index (χ3n) is 9.60. The van der Waals surface area contributed by atoms with Crippen LogP contribution in [0.15, 0.2) is 78.9 Å². The van der Waals surface area contributed by atoms with Gasteiger partial charge in [-0.25, -0.2) is 4.39 Å². The Kier molecular flexibility index (Phi) is 9.34. The van der Waals surface area contributed by atoms with Crippen molar-refractivity contribution in [3.63, 3.8) is 0 Å². The van der Waals surface area contributed by atoms with Crippen molar-refractivity contribution >= 4 is 11.1 Å². The second-order valence-corrected chi connectivity index (χ2v) is 12.5. The fraction of sp³-hybridized carbons (Fsp3) is 0.385. The molecule has 1 heteroatoms. The van der Waals surface area contributed by atoms with Crippen LogP contribution in [0.2, 0.25) is 0 Å². The minimum Gasteiger partial charge on any atom is -0.207 e. The van der Waals surface area contributed by atoms with Gasteiger partial charge in [-0.05, 0) is 146 Å². The van der Waals surface area contributed by atoms with E-state index in [9.17, 15) is 4.39 Å². The number of benzene rings is 3. The molecule has 0 N–H and O–H groups in total. The number of aryl methyl sites for hydroxylation is 2. The van der Waals surface area contributed by atoms with Gasteiger partial charge in [0, 0.05) is 0 Å². The van der Waals surface area contributed by atoms with Crippen molar-refractivity contribution in [3.8, 4) is 11.1 Å². The molecule has 1 unspecified atom stereocenters. The van der Waals surface area contributed by atoms with E-state index < -0.39 is 0 Å². The lowest BCUT2D eigenvalue weighted by Crippen LogP contribution is -2.25. The second kappa shape index (κ2) is 12.5. The lowest BCUT2D eigenvalue weighted by Gasteiger charge is -2.35. The summed E-state index contributed by atoms with van der Waals surface area (Å²) >= 11 is 0. The molecular formula is C39H47F. The average Bonchev–Trinajstić information content (AvgIpc) is 2.94. The van der Waals surface area contributed by atoms with Crippen molar-refractivity contribution in [1.82, 2.24) is 0 Å². The van der Waals surface area contributed by atoms with Gasteiger partial charge in [0.2, 0.25) is 0 Å². The summed E-state index contributed by atoms with van der Waals surface area (Å²) in [5.74, 6) is 1.63. The van der Waals surface area contributed by atoms with Crippen LogP contribution >= 0.6 is 0 Å². The molecule has 3 aromatic rings. The topological polar surface area (TPSA) is 0 Å². The third-order valence-corrected chi connectivity index (χ3v) is 9.60. The van der Waals surface area contributed by atoms with Crippen LogP contribution < -0.4 is 0 Å². The van der Waals surface area contributed by atoms with Crippen molar-refractivity contribution in [3.05, 3.63) is 118 Å². The van der Waals surface area contributed by atoms with Crippen LogP contribution in [0.3, 0.4) is 0 Å². The largest absolute Gasteiger partial charge is 0.207 e. The van der Waals surface area contributed by atoms with Gasteiger partial charge < -0.3 is 0 Å². The minimum absolute atomic E-state index is 0.139. The molecule has 1 aliphatic rings. The van der Waals surface area contributed by atoms with Gasteiger partial charge >= 0.3 is 0 Å². The fourth-order valence-corrected chi connectivity index (χ4v) is 6.62. The van der Waals surface area contributed by atoms with Gasteiger partial charge in [-0.2, -0.15) is 0 Å². The molecule has 1 atom stereocenters. The van der Waals surface area contributed by atoms with Crippen LogP contribution in [-0.4, -0.2) is 0 Å². The highest BCUT2D eigenvalue weighted by molar-refractivity contribution is 5.75. The summed E-state index contributed by atoms with van der Waals surface area (Å²) in [4.78, 5) is 0. The standard InChI is InChI=1S/C39H47F/c1-24(2)32-17-19-33(20-18-32)35-16-12-26(4)36(22-35)23-37(34-14-10-25(3)11-15-34)29(7)28(6)30(8)39-27(5)13-21-38(40)31(39)9/h12-13,16-22,25,34,37H,1,7,10-11,14-15,23H2,2-6,8-9H3/b30-28+. The van der Waals surface area contributed by atoms with Crippen molar-refractivity contribution in [2.45, 2.75) is 80.6 Å². The van der Waals surface area contributed by atoms with E-state index in [0.717, 1.165) is 40.2 Å². The molecule has 0 bridgehead atoms. The molecule has 210 valence electrons. The van der Waals surface area contributed by atoms with E-state index >= 15 is 0 Å². The molecule has 0 amide bonds. The average molecular weight is 535 g/mol. The normalized spacial score (nSPS) is 18.7. The van der Waals surface area contributed by atoms with E-state index in [0.29, 0.717) is 11.8 Å². The molecule has 0 aromatic heterocycles. The van der Waals surface area contributed by atoms with Crippen LogP contribution in [0.1, 0.15) is 86.8 Å². The summed E-state index contributed by atoms with van der Waals surface area (Å²) < 4.78 is 14.6. The van der Waals surface area contributed by atoms with Crippen LogP contribution in [0.25, 0.3) is 22.3 Å². The number of hydrogen-bond acceptors (Lipinski definition) is 0. The maximum atomic E-state index is 14.6. The quantitative estimate of drug-likeness (QED) is 0.252. The summed E-state index contributed by atoms with van der Waals surface area (Å²) in [6.07, 6.45) is 6.04. The van der Waals surface area contributed by atoms with Crippen LogP contribution in [0.5, 0.6) is 0 Å². The number of allylic oxidation sites excluding steroid dienone is 4. The lowest BCUT2D eigenvalue weighted by molar-refractivity contribution is 0.233. The maximum Gasteiger partial charge on any atom is 0.126 e. The summed E-state index contributed by atoms with van der Waals surface area (Å²) in [5, 5.41) is 0. The zero-order chi connectivity index (χ0) is 29.1. The Balaban J connectivity index is 1.72. The molecule has 0 aliphatic heterocycles. The molecule has 0 saturated heterocycles. The summed E-state index contributed by atoms with van der Waals surface area (Å²) in [6.45, 7) is 23.8. The zero-order valence-corrected chi connectivity index (χ0v) is 25.8. The smallest absolute Gasteiger partial charge is 0.126 e. The Bertz CT molecular complexity index is 1420. The fourth-order valence-electron chi connectivity index (χ4n) is 6.62. The first-order chi connectivity index (χ1) is 19.0. The SMILES string of the molecule is C=C(C)c1ccc(-c2ccc(C)c(CC(C(=C)/C(C)=C(\C)c3c(C)ccc(F)c3C)C3CCC(C)CC3)c2)cc1. The predicted molar refractivity (Wildman–Crippen MR) is 173 cm³/mol. The predicted octanol–water partition coefficient (Wildman–Crippen LogP) is 11.5. The van der Waals surface area contributed by atoms with Crippen molar-refractivity contribution < 1.29 is 4.39 Å². The first-order valence-corrected chi connectivity index (χ1v) is 15.0. The Morgan fingerprint density at radius 2 is 1.43 bits per heavy atom. The van der Waals surface area contributed by atoms with Gasteiger partial charge in [0.05, 0.1) is 0 Å². The van der Waals surface area contributed by atoms with Crippen molar-refractivity contribution in [2.75, 3.05) is 0 Å². The highest BCUT2D eigenvalue weighted by Crippen LogP contribution is 2.42. The molecule has 0 radical (unpaired) electrons. The Morgan fingerprint density at radius 3 is 2.05 bits per heavy atom. The van der Waals surface area contributed by atoms with E-state index in [1.165, 1.54) is 64.6 Å². The van der Waals surface area contributed by atoms with Crippen LogP contribution in [0, 0.1) is 44.3 Å². The number of rotatable bonds is 8. The van der Waals surface area contributed by atoms with E-state index in [4.69, 9.17) is 6.58 Å². The molecule has 40 heavy (non-hydrogen) atoms. The molecule has 1 saturated carbocycles. The molecular weight excluding hydrogens is 487 g/mol. The Labute approximate surface area is 242 Å². The van der Waals surface area contributed by atoms with Gasteiger partial charge in [0.15, 0.2) is 0 Å². The molecule has 1 aliphatic carbocycles. The lowest BCUT2D eigenvalue weighted by atomic mass is 9.70. The van der Waals surface area contributed by atoms with Crippen molar-refractivity contribution in [2.24, 2.45) is 17.8 Å². The number of halogens is 1. The molecule has 1 fully saturated rings. The Morgan fingerprint density at radius 1 is 0.825 bits per heavy atom. The minimum atomic E-state index is -0.139. The highest BCUT2D eigenvalue weighted by Gasteiger charge is 2.30. The van der Waals surface area contributed by atoms with E-state index in [1.807, 2.05) is 19.9 Å². The van der Waals surface area contributed by atoms with Crippen LogP contribution in [-0.2, 0) is 6.42 Å². The maximum absolute atomic E-state index is 14.6. The summed E-state index contributed by atoms with van der Waals surface area (Å²) in [7, 11) is 0. The molecule has 0 spiro atoms. The third kappa shape index (κ3) is 6.41. The summed E-state index contributed by atoms with van der Waals surface area (Å²) in [6, 6.07) is 19.1. The molecule has 0 nitrogen and oxygen atoms in total. The van der Waals surface area contributed by atoms with Gasteiger partial charge in [-0.3, -0.25) is 0 Å². The zero-order valence-electron chi connectivity index (χ0n) is 25.8. The van der Waals surface area contributed by atoms with E-state index in [2.05, 4.69) is 83.7 Å². The Hall–Kier alpha value is -3.19. The van der Waals surface area contributed by atoms with E-state index in [1.54, 1.807) is 6.07 Å². The molecule has 0 heterocycles. The molecule has 3 aromatic carbocycles. The monoisotopic (exact) mass is 534 g/mol. The number of hydrogen-bond donors (Lipinski definition) is 0. The second-order valence-electron chi connectivity index (χ2n) is 12.5. The van der Waals surface area contributed by atoms with E-state index in [-0.39, 0.29) is 5.82 Å². The summed E-state index contributed by atoms with van der Waals surface area (Å²) in [5.41, 5.74) is 13.9. The van der Waals surface area contributed by atoms with Gasteiger partial charge in [-0.15, -0.1) is 0 Å². The van der Waals surface area contributed by atoms with Crippen molar-refractivity contribution in [1.29, 1.82) is 0 Å². The van der Waals surface area contributed by atoms with Crippen LogP contribution in [0.4, 0.5) is 4.39 Å². The van der Waals surface area contributed by atoms with Gasteiger partial charge in [0.1, 0.15) is 5.82 Å². The first kappa shape index (κ1) is 29.8. The highest BCUT2D eigenvalue weighted by atomic mass is 19.1.